The number of thiophene rings is 1. The molecule has 260 valence electrons. The van der Waals surface area contributed by atoms with Gasteiger partial charge < -0.3 is 52.4 Å². The third kappa shape index (κ3) is 6.44. The molecule has 4 heterocycles. The van der Waals surface area contributed by atoms with E-state index in [9.17, 15) is 9.90 Å². The average Bonchev–Trinajstić information content (AvgIpc) is 3.86. The van der Waals surface area contributed by atoms with Crippen LogP contribution in [-0.2, 0) is 44.4 Å². The molecule has 1 saturated heterocycles. The van der Waals surface area contributed by atoms with Crippen molar-refractivity contribution in [1.82, 2.24) is 19.8 Å². The molecular formula is C29H39ClN4O12S. The number of aromatic nitrogens is 3. The molecule has 47 heavy (non-hydrogen) atoms. The predicted molar refractivity (Wildman–Crippen MR) is 165 cm³/mol. The second-order valence-corrected chi connectivity index (χ2v) is 12.2. The van der Waals surface area contributed by atoms with Crippen molar-refractivity contribution in [2.75, 3.05) is 56.9 Å². The monoisotopic (exact) mass is 702 g/mol. The highest BCUT2D eigenvalue weighted by molar-refractivity contribution is 7.19. The van der Waals surface area contributed by atoms with Gasteiger partial charge in [-0.05, 0) is 25.0 Å². The molecule has 3 aromatic rings. The smallest absolute Gasteiger partial charge is 0.354 e. The SMILES string of the molecule is COC(OC)C1(C(OC)OC)CCC(C(OC)OC)(C(OC)OC)N1C(=O)c1cc(C(=O)O)n(Cc2cc(-c3ccc(Cl)s3)on2)n1. The molecule has 0 atom stereocenters. The molecule has 0 unspecified atom stereocenters. The number of methoxy groups -OCH3 is 8. The van der Waals surface area contributed by atoms with E-state index in [2.05, 4.69) is 10.3 Å². The number of carbonyl (C=O) groups is 2. The lowest BCUT2D eigenvalue weighted by molar-refractivity contribution is -0.306. The second kappa shape index (κ2) is 15.5. The minimum atomic E-state index is -1.55. The highest BCUT2D eigenvalue weighted by Crippen LogP contribution is 2.52. The maximum Gasteiger partial charge on any atom is 0.354 e. The van der Waals surface area contributed by atoms with Crippen LogP contribution in [0.3, 0.4) is 0 Å². The summed E-state index contributed by atoms with van der Waals surface area (Å²) in [5, 5.41) is 18.7. The minimum Gasteiger partial charge on any atom is -0.477 e. The van der Waals surface area contributed by atoms with Crippen LogP contribution in [0.5, 0.6) is 0 Å². The number of hydrogen-bond donors (Lipinski definition) is 1. The van der Waals surface area contributed by atoms with E-state index in [-0.39, 0.29) is 30.8 Å². The van der Waals surface area contributed by atoms with Gasteiger partial charge in [0.1, 0.15) is 22.5 Å². The van der Waals surface area contributed by atoms with Crippen molar-refractivity contribution in [2.24, 2.45) is 0 Å². The Hall–Kier alpha value is -2.97. The van der Waals surface area contributed by atoms with Crippen LogP contribution in [0.4, 0.5) is 0 Å². The van der Waals surface area contributed by atoms with Crippen molar-refractivity contribution in [1.29, 1.82) is 0 Å². The molecule has 0 saturated carbocycles. The maximum absolute atomic E-state index is 15.0. The van der Waals surface area contributed by atoms with Crippen molar-refractivity contribution < 1.29 is 57.1 Å². The summed E-state index contributed by atoms with van der Waals surface area (Å²) in [6.45, 7) is -0.136. The van der Waals surface area contributed by atoms with Crippen LogP contribution in [0.15, 0.2) is 28.8 Å². The fourth-order valence-corrected chi connectivity index (χ4v) is 7.55. The van der Waals surface area contributed by atoms with Gasteiger partial charge in [-0.3, -0.25) is 9.48 Å². The number of nitrogens with zero attached hydrogens (tertiary/aromatic N) is 4. The molecule has 4 rings (SSSR count). The zero-order valence-electron chi connectivity index (χ0n) is 27.3. The number of carboxylic acids is 1. The van der Waals surface area contributed by atoms with Crippen LogP contribution >= 0.6 is 22.9 Å². The Kier molecular flexibility index (Phi) is 12.2. The van der Waals surface area contributed by atoms with Gasteiger partial charge in [0.2, 0.25) is 0 Å². The van der Waals surface area contributed by atoms with Crippen LogP contribution in [-0.4, -0.2) is 130 Å². The van der Waals surface area contributed by atoms with Crippen molar-refractivity contribution >= 4 is 34.8 Å². The molecule has 0 bridgehead atoms. The summed E-state index contributed by atoms with van der Waals surface area (Å²) in [6.07, 6.45) is -4.32. The number of ether oxygens (including phenoxy) is 8. The number of rotatable bonds is 17. The zero-order valence-corrected chi connectivity index (χ0v) is 28.8. The van der Waals surface area contributed by atoms with Crippen LogP contribution in [0, 0.1) is 0 Å². The summed E-state index contributed by atoms with van der Waals surface area (Å²) in [5.41, 5.74) is -3.28. The molecule has 1 fully saturated rings. The lowest BCUT2D eigenvalue weighted by Crippen LogP contribution is -2.74. The molecule has 1 amide bonds. The molecule has 1 aliphatic rings. The number of halogens is 1. The number of carbonyl (C=O) groups excluding carboxylic acids is 1. The van der Waals surface area contributed by atoms with E-state index in [0.29, 0.717) is 15.8 Å². The molecule has 3 aromatic heterocycles. The summed E-state index contributed by atoms with van der Waals surface area (Å²) in [4.78, 5) is 29.6. The summed E-state index contributed by atoms with van der Waals surface area (Å²) in [5.74, 6) is -1.66. The lowest BCUT2D eigenvalue weighted by Gasteiger charge is -2.53. The first-order valence-electron chi connectivity index (χ1n) is 14.2. The summed E-state index contributed by atoms with van der Waals surface area (Å²) < 4.78 is 53.4. The van der Waals surface area contributed by atoms with Crippen molar-refractivity contribution in [3.05, 3.63) is 45.7 Å². The van der Waals surface area contributed by atoms with Gasteiger partial charge in [0, 0.05) is 69.0 Å². The zero-order chi connectivity index (χ0) is 34.5. The van der Waals surface area contributed by atoms with Gasteiger partial charge >= 0.3 is 5.97 Å². The molecule has 0 aromatic carbocycles. The Morgan fingerprint density at radius 3 is 1.77 bits per heavy atom. The van der Waals surface area contributed by atoms with E-state index in [1.54, 1.807) is 18.2 Å². The van der Waals surface area contributed by atoms with Crippen LogP contribution in [0.25, 0.3) is 10.6 Å². The van der Waals surface area contributed by atoms with Gasteiger partial charge in [0.15, 0.2) is 36.6 Å². The Morgan fingerprint density at radius 2 is 1.36 bits per heavy atom. The number of aromatic carboxylic acids is 1. The van der Waals surface area contributed by atoms with Gasteiger partial charge in [0.05, 0.1) is 15.8 Å². The van der Waals surface area contributed by atoms with Gasteiger partial charge in [-0.25, -0.2) is 4.79 Å². The van der Waals surface area contributed by atoms with Gasteiger partial charge in [-0.2, -0.15) is 5.10 Å². The Labute approximate surface area is 280 Å². The first-order valence-corrected chi connectivity index (χ1v) is 15.4. The predicted octanol–water partition coefficient (Wildman–Crippen LogP) is 3.19. The second-order valence-electron chi connectivity index (χ2n) is 10.5. The number of amides is 1. The largest absolute Gasteiger partial charge is 0.477 e. The first kappa shape index (κ1) is 36.9. The quantitative estimate of drug-likeness (QED) is 0.203. The molecule has 1 N–H and O–H groups in total. The van der Waals surface area contributed by atoms with E-state index in [1.165, 1.54) is 73.1 Å². The molecule has 18 heteroatoms. The van der Waals surface area contributed by atoms with Gasteiger partial charge in [-0.1, -0.05) is 16.8 Å². The molecule has 1 aliphatic heterocycles. The molecule has 0 aliphatic carbocycles. The Bertz CT molecular complexity index is 1440. The number of likely N-dealkylation sites (tertiary alicyclic amines) is 1. The average molecular weight is 703 g/mol. The Morgan fingerprint density at radius 1 is 0.872 bits per heavy atom. The summed E-state index contributed by atoms with van der Waals surface area (Å²) >= 11 is 7.36. The standard InChI is InChI=1S/C29H39ClN4O12S/c1-38-24(39-2)28(25(40-3)41-4)11-12-29(26(42-5)43-6,27(44-7)45-8)34(28)22(35)17-14-18(23(36)37)33(31-17)15-16-13-19(46-32-16)20-9-10-21(30)47-20/h9-10,13-14,24-27H,11-12,15H2,1-8H3,(H,36,37). The maximum atomic E-state index is 15.0. The van der Waals surface area contributed by atoms with Crippen molar-refractivity contribution in [2.45, 2.75) is 55.6 Å². The molecule has 0 spiro atoms. The lowest BCUT2D eigenvalue weighted by atomic mass is 9.93. The van der Waals surface area contributed by atoms with Crippen LogP contribution < -0.4 is 0 Å². The van der Waals surface area contributed by atoms with E-state index in [4.69, 9.17) is 54.0 Å². The summed E-state index contributed by atoms with van der Waals surface area (Å²) in [6, 6.07) is 6.30. The van der Waals surface area contributed by atoms with Crippen LogP contribution in [0.1, 0.15) is 39.5 Å². The third-order valence-corrected chi connectivity index (χ3v) is 9.46. The van der Waals surface area contributed by atoms with E-state index in [1.807, 2.05) is 0 Å². The van der Waals surface area contributed by atoms with Gasteiger partial charge in [0.25, 0.3) is 5.91 Å². The number of carboxylic acid groups (broad SMARTS) is 1. The van der Waals surface area contributed by atoms with Crippen LogP contribution in [0.2, 0.25) is 4.34 Å². The molecule has 16 nitrogen and oxygen atoms in total. The Balaban J connectivity index is 1.91. The first-order chi connectivity index (χ1) is 22.6. The fraction of sp³-hybridized carbons (Fsp3) is 0.586. The van der Waals surface area contributed by atoms with Crippen molar-refractivity contribution in [3.63, 3.8) is 0 Å². The fourth-order valence-electron chi connectivity index (χ4n) is 6.55. The third-order valence-electron chi connectivity index (χ3n) is 8.21. The van der Waals surface area contributed by atoms with Crippen molar-refractivity contribution in [3.8, 4) is 10.6 Å². The van der Waals surface area contributed by atoms with E-state index >= 15 is 4.79 Å². The highest BCUT2D eigenvalue weighted by Gasteiger charge is 2.71. The van der Waals surface area contributed by atoms with Gasteiger partial charge in [-0.15, -0.1) is 11.3 Å². The summed E-state index contributed by atoms with van der Waals surface area (Å²) in [7, 11) is 11.2. The van der Waals surface area contributed by atoms with E-state index < -0.39 is 48.1 Å². The minimum absolute atomic E-state index is 0.136. The molecular weight excluding hydrogens is 664 g/mol. The topological polar surface area (TPSA) is 175 Å². The van der Waals surface area contributed by atoms with E-state index in [0.717, 1.165) is 15.6 Å². The normalized spacial score (nSPS) is 16.0. The number of hydrogen-bond acceptors (Lipinski definition) is 14. The molecule has 0 radical (unpaired) electrons. The highest BCUT2D eigenvalue weighted by atomic mass is 35.5.